The Hall–Kier alpha value is -0.280. The van der Waals surface area contributed by atoms with E-state index in [0.29, 0.717) is 16.7 Å². The highest BCUT2D eigenvalue weighted by Gasteiger charge is 2.36. The average Bonchev–Trinajstić information content (AvgIpc) is 2.27. The highest BCUT2D eigenvalue weighted by Crippen LogP contribution is 2.20. The summed E-state index contributed by atoms with van der Waals surface area (Å²) >= 11 is 0. The molecule has 9 heteroatoms. The van der Waals surface area contributed by atoms with Crippen molar-refractivity contribution in [1.82, 2.24) is 0 Å². The van der Waals surface area contributed by atoms with Crippen molar-refractivity contribution >= 4 is 26.8 Å². The van der Waals surface area contributed by atoms with Crippen molar-refractivity contribution < 1.29 is 30.9 Å². The second-order valence-corrected chi connectivity index (χ2v) is 8.29. The Kier molecular flexibility index (Phi) is 8.12. The lowest BCUT2D eigenvalue weighted by Crippen LogP contribution is -2.29. The number of rotatable bonds is 3. The van der Waals surface area contributed by atoms with Crippen molar-refractivity contribution in [2.75, 3.05) is 17.3 Å². The number of Topliss-reactive ketones (excluding diaryl/α,β-unsaturated/α-hetero) is 1. The maximum absolute atomic E-state index is 11.2. The standard InChI is InChI=1S/C10H19OS.CHF3O3S/c1-3-10(11)8-12-6-4-5-9(2)7-12;2-1(3,4)8(5,6)7/h9H,3-8H2,1-2H3;(H,5,6,7)/q+1;/p-1. The first kappa shape index (κ1) is 19.7. The van der Waals surface area contributed by atoms with Crippen molar-refractivity contribution in [1.29, 1.82) is 0 Å². The van der Waals surface area contributed by atoms with Crippen LogP contribution in [-0.4, -0.2) is 41.5 Å². The number of hydrogen-bond donors (Lipinski definition) is 0. The van der Waals surface area contributed by atoms with Gasteiger partial charge >= 0.3 is 5.51 Å². The summed E-state index contributed by atoms with van der Waals surface area (Å²) in [4.78, 5) is 11.2. The molecule has 0 spiro atoms. The van der Waals surface area contributed by atoms with Gasteiger partial charge in [-0.05, 0) is 23.7 Å². The van der Waals surface area contributed by atoms with Gasteiger partial charge in [-0.3, -0.25) is 4.79 Å². The van der Waals surface area contributed by atoms with Gasteiger partial charge in [0.2, 0.25) is 0 Å². The zero-order valence-electron chi connectivity index (χ0n) is 11.4. The van der Waals surface area contributed by atoms with Gasteiger partial charge in [-0.25, -0.2) is 8.42 Å². The van der Waals surface area contributed by atoms with Crippen molar-refractivity contribution in [2.45, 2.75) is 38.6 Å². The number of hydrogen-bond acceptors (Lipinski definition) is 4. The largest absolute Gasteiger partial charge is 0.741 e. The lowest BCUT2D eigenvalue weighted by Gasteiger charge is -2.18. The fourth-order valence-corrected chi connectivity index (χ4v) is 4.30. The van der Waals surface area contributed by atoms with Crippen LogP contribution in [0, 0.1) is 5.92 Å². The molecule has 1 aliphatic heterocycles. The molecule has 20 heavy (non-hydrogen) atoms. The number of ketones is 1. The maximum Gasteiger partial charge on any atom is 0.485 e. The molecule has 0 aliphatic carbocycles. The molecule has 0 radical (unpaired) electrons. The zero-order valence-corrected chi connectivity index (χ0v) is 13.0. The topological polar surface area (TPSA) is 74.3 Å². The fraction of sp³-hybridized carbons (Fsp3) is 0.909. The highest BCUT2D eigenvalue weighted by molar-refractivity contribution is 7.97. The van der Waals surface area contributed by atoms with Crippen molar-refractivity contribution in [3.63, 3.8) is 0 Å². The molecular weight excluding hydrogens is 317 g/mol. The molecule has 4 nitrogen and oxygen atoms in total. The smallest absolute Gasteiger partial charge is 0.485 e. The van der Waals surface area contributed by atoms with Gasteiger partial charge in [0.25, 0.3) is 0 Å². The first-order chi connectivity index (χ1) is 8.97. The van der Waals surface area contributed by atoms with E-state index in [2.05, 4.69) is 6.92 Å². The Balaban J connectivity index is 0.000000396. The third kappa shape index (κ3) is 8.11. The van der Waals surface area contributed by atoms with Crippen LogP contribution >= 0.6 is 0 Å². The number of halogens is 3. The third-order valence-corrected chi connectivity index (χ3v) is 5.90. The van der Waals surface area contributed by atoms with Gasteiger partial charge in [0.1, 0.15) is 11.5 Å². The molecule has 1 heterocycles. The van der Waals surface area contributed by atoms with Crippen molar-refractivity contribution in [2.24, 2.45) is 5.92 Å². The maximum atomic E-state index is 11.2. The molecule has 0 saturated carbocycles. The number of alkyl halides is 3. The molecule has 0 aromatic carbocycles. The van der Waals surface area contributed by atoms with Gasteiger partial charge in [0.05, 0.1) is 0 Å². The minimum Gasteiger partial charge on any atom is -0.741 e. The third-order valence-electron chi connectivity index (χ3n) is 2.69. The Morgan fingerprint density at radius 3 is 2.25 bits per heavy atom. The van der Waals surface area contributed by atoms with Gasteiger partial charge < -0.3 is 4.55 Å². The highest BCUT2D eigenvalue weighted by atomic mass is 32.2. The molecule has 120 valence electrons. The Morgan fingerprint density at radius 1 is 1.40 bits per heavy atom. The van der Waals surface area contributed by atoms with E-state index in [9.17, 15) is 18.0 Å². The van der Waals surface area contributed by atoms with E-state index in [4.69, 9.17) is 13.0 Å². The van der Waals surface area contributed by atoms with Crippen LogP contribution in [0.1, 0.15) is 33.1 Å². The summed E-state index contributed by atoms with van der Waals surface area (Å²) in [7, 11) is -5.64. The van der Waals surface area contributed by atoms with Gasteiger partial charge in [0.15, 0.2) is 21.7 Å². The second kappa shape index (κ2) is 8.23. The van der Waals surface area contributed by atoms with E-state index in [1.165, 1.54) is 24.3 Å². The normalized spacial score (nSPS) is 23.7. The molecule has 1 fully saturated rings. The van der Waals surface area contributed by atoms with E-state index in [1.54, 1.807) is 0 Å². The first-order valence-corrected chi connectivity index (χ1v) is 9.29. The summed E-state index contributed by atoms with van der Waals surface area (Å²) in [6.45, 7) is 4.29. The monoisotopic (exact) mass is 336 g/mol. The molecule has 1 rings (SSSR count). The van der Waals surface area contributed by atoms with Crippen LogP contribution in [0.4, 0.5) is 13.2 Å². The summed E-state index contributed by atoms with van der Waals surface area (Å²) in [5.41, 5.74) is -5.65. The first-order valence-electron chi connectivity index (χ1n) is 6.15. The van der Waals surface area contributed by atoms with Crippen molar-refractivity contribution in [3.8, 4) is 0 Å². The minimum atomic E-state index is -6.09. The van der Waals surface area contributed by atoms with Crippen molar-refractivity contribution in [3.05, 3.63) is 0 Å². The molecule has 2 unspecified atom stereocenters. The van der Waals surface area contributed by atoms with E-state index in [-0.39, 0.29) is 0 Å². The van der Waals surface area contributed by atoms with Crippen LogP contribution in [0.25, 0.3) is 0 Å². The zero-order chi connectivity index (χ0) is 16.0. The van der Waals surface area contributed by atoms with E-state index >= 15 is 0 Å². The Bertz CT molecular complexity index is 406. The summed E-state index contributed by atoms with van der Waals surface area (Å²) in [5.74, 6) is 4.84. The molecule has 0 bridgehead atoms. The number of carbonyl (C=O) groups excluding carboxylic acids is 1. The lowest BCUT2D eigenvalue weighted by atomic mass is 10.1. The van der Waals surface area contributed by atoms with E-state index in [1.807, 2.05) is 6.92 Å². The molecule has 0 aromatic heterocycles. The lowest BCUT2D eigenvalue weighted by molar-refractivity contribution is -0.116. The van der Waals surface area contributed by atoms with Crippen LogP contribution in [0.2, 0.25) is 0 Å². The molecule has 1 aliphatic rings. The predicted octanol–water partition coefficient (Wildman–Crippen LogP) is 2.07. The Morgan fingerprint density at radius 2 is 1.90 bits per heavy atom. The van der Waals surface area contributed by atoms with Gasteiger partial charge in [0, 0.05) is 12.3 Å². The number of carbonyl (C=O) groups is 1. The second-order valence-electron chi connectivity index (χ2n) is 4.67. The average molecular weight is 336 g/mol. The summed E-state index contributed by atoms with van der Waals surface area (Å²) < 4.78 is 58.9. The summed E-state index contributed by atoms with van der Waals surface area (Å²) in [5, 5.41) is 0. The summed E-state index contributed by atoms with van der Waals surface area (Å²) in [6, 6.07) is 0. The molecule has 0 amide bonds. The van der Waals surface area contributed by atoms with Crippen LogP contribution in [0.3, 0.4) is 0 Å². The van der Waals surface area contributed by atoms with E-state index < -0.39 is 15.6 Å². The molecule has 0 aromatic rings. The minimum absolute atomic E-state index is 0.446. The Labute approximate surface area is 120 Å². The molecule has 1 saturated heterocycles. The fourth-order valence-electron chi connectivity index (χ4n) is 1.67. The summed E-state index contributed by atoms with van der Waals surface area (Å²) in [6.07, 6.45) is 3.46. The predicted molar refractivity (Wildman–Crippen MR) is 71.4 cm³/mol. The van der Waals surface area contributed by atoms with Crippen LogP contribution in [0.15, 0.2) is 0 Å². The SMILES string of the molecule is CCC(=O)C[S+]1CCCC(C)C1.O=S(=O)([O-])C(F)(F)F. The van der Waals surface area contributed by atoms with Gasteiger partial charge in [-0.2, -0.15) is 13.2 Å². The van der Waals surface area contributed by atoms with E-state index in [0.717, 1.165) is 18.1 Å². The van der Waals surface area contributed by atoms with Gasteiger partial charge in [-0.1, -0.05) is 13.8 Å². The van der Waals surface area contributed by atoms with Crippen LogP contribution in [0.5, 0.6) is 0 Å². The molecular formula is C11H19F3O4S2. The molecule has 0 N–H and O–H groups in total. The van der Waals surface area contributed by atoms with Gasteiger partial charge in [-0.15, -0.1) is 0 Å². The molecule has 2 atom stereocenters. The van der Waals surface area contributed by atoms with Crippen LogP contribution in [-0.2, 0) is 25.8 Å². The quantitative estimate of drug-likeness (QED) is 0.449. The van der Waals surface area contributed by atoms with Crippen LogP contribution < -0.4 is 0 Å².